The van der Waals surface area contributed by atoms with E-state index in [1.54, 1.807) is 6.20 Å². The van der Waals surface area contributed by atoms with E-state index in [1.165, 1.54) is 0 Å². The van der Waals surface area contributed by atoms with Crippen molar-refractivity contribution in [1.82, 2.24) is 4.57 Å². The molecule has 0 saturated carbocycles. The lowest BCUT2D eigenvalue weighted by molar-refractivity contribution is 0.476. The summed E-state index contributed by atoms with van der Waals surface area (Å²) in [5, 5.41) is 10.6. The van der Waals surface area contributed by atoms with E-state index in [1.807, 2.05) is 35.8 Å². The molecular formula is C11H11NO. The van der Waals surface area contributed by atoms with Gasteiger partial charge in [0.25, 0.3) is 0 Å². The third-order valence-electron chi connectivity index (χ3n) is 2.31. The van der Waals surface area contributed by atoms with E-state index in [-0.39, 0.29) is 0 Å². The lowest BCUT2D eigenvalue weighted by Gasteiger charge is -1.97. The van der Waals surface area contributed by atoms with Gasteiger partial charge in [0, 0.05) is 11.6 Å². The molecule has 0 fully saturated rings. The lowest BCUT2D eigenvalue weighted by atomic mass is 10.2. The zero-order chi connectivity index (χ0) is 9.42. The molecule has 13 heavy (non-hydrogen) atoms. The molecular weight excluding hydrogens is 162 g/mol. The molecule has 0 unspecified atom stereocenters. The van der Waals surface area contributed by atoms with Crippen molar-refractivity contribution in [2.24, 2.45) is 0 Å². The van der Waals surface area contributed by atoms with Crippen LogP contribution in [-0.2, 0) is 0 Å². The van der Waals surface area contributed by atoms with Crippen LogP contribution in [0, 0.1) is 6.92 Å². The molecule has 0 aliphatic heterocycles. The number of hydrogen-bond acceptors (Lipinski definition) is 1. The number of rotatable bonds is 1. The highest BCUT2D eigenvalue weighted by Crippen LogP contribution is 2.31. The molecule has 1 aromatic heterocycles. The van der Waals surface area contributed by atoms with Crippen LogP contribution in [0.25, 0.3) is 17.1 Å². The van der Waals surface area contributed by atoms with Crippen molar-refractivity contribution in [1.29, 1.82) is 0 Å². The van der Waals surface area contributed by atoms with Gasteiger partial charge in [-0.05, 0) is 19.1 Å². The van der Waals surface area contributed by atoms with Crippen LogP contribution >= 0.6 is 0 Å². The summed E-state index contributed by atoms with van der Waals surface area (Å²) in [5.41, 5.74) is 1.82. The van der Waals surface area contributed by atoms with E-state index < -0.39 is 0 Å². The van der Waals surface area contributed by atoms with Gasteiger partial charge in [-0.15, -0.1) is 0 Å². The second-order valence-electron chi connectivity index (χ2n) is 3.00. The summed E-state index contributed by atoms with van der Waals surface area (Å²) in [6, 6.07) is 7.72. The smallest absolute Gasteiger partial charge is 0.144 e. The number of nitrogens with zero attached hydrogens (tertiary/aromatic N) is 1. The zero-order valence-corrected chi connectivity index (χ0v) is 7.49. The fourth-order valence-electron chi connectivity index (χ4n) is 1.61. The highest BCUT2D eigenvalue weighted by Gasteiger charge is 2.09. The van der Waals surface area contributed by atoms with Crippen molar-refractivity contribution in [3.8, 4) is 5.75 Å². The maximum Gasteiger partial charge on any atom is 0.144 e. The van der Waals surface area contributed by atoms with Crippen molar-refractivity contribution in [2.45, 2.75) is 6.92 Å². The maximum atomic E-state index is 9.74. The summed E-state index contributed by atoms with van der Waals surface area (Å²) in [6.07, 6.45) is 1.71. The number of benzene rings is 1. The average molecular weight is 173 g/mol. The Morgan fingerprint density at radius 3 is 2.77 bits per heavy atom. The Kier molecular flexibility index (Phi) is 1.62. The molecule has 0 aliphatic carbocycles. The maximum absolute atomic E-state index is 9.74. The molecule has 66 valence electrons. The molecule has 1 heterocycles. The molecule has 2 rings (SSSR count). The summed E-state index contributed by atoms with van der Waals surface area (Å²) in [4.78, 5) is 0. The SMILES string of the molecule is C=Cn1c(C)c(O)c2ccccc21. The van der Waals surface area contributed by atoms with E-state index in [0.717, 1.165) is 16.6 Å². The second-order valence-corrected chi connectivity index (χ2v) is 3.00. The number of para-hydroxylation sites is 1. The molecule has 2 heteroatoms. The number of fused-ring (bicyclic) bond motifs is 1. The van der Waals surface area contributed by atoms with Crippen LogP contribution < -0.4 is 0 Å². The zero-order valence-electron chi connectivity index (χ0n) is 7.49. The third kappa shape index (κ3) is 0.952. The van der Waals surface area contributed by atoms with Gasteiger partial charge in [0.1, 0.15) is 5.75 Å². The number of aromatic nitrogens is 1. The monoisotopic (exact) mass is 173 g/mol. The standard InChI is InChI=1S/C11H11NO/c1-3-12-8(2)11(13)9-6-4-5-7-10(9)12/h3-7,13H,1H2,2H3. The molecule has 0 bridgehead atoms. The van der Waals surface area contributed by atoms with Crippen molar-refractivity contribution in [3.63, 3.8) is 0 Å². The van der Waals surface area contributed by atoms with Gasteiger partial charge in [0.15, 0.2) is 0 Å². The predicted molar refractivity (Wildman–Crippen MR) is 54.7 cm³/mol. The molecule has 0 amide bonds. The highest BCUT2D eigenvalue weighted by molar-refractivity contribution is 5.89. The van der Waals surface area contributed by atoms with Gasteiger partial charge in [-0.3, -0.25) is 0 Å². The summed E-state index contributed by atoms with van der Waals surface area (Å²) in [7, 11) is 0. The first kappa shape index (κ1) is 7.92. The fourth-order valence-corrected chi connectivity index (χ4v) is 1.61. The van der Waals surface area contributed by atoms with Crippen LogP contribution in [0.1, 0.15) is 5.69 Å². The van der Waals surface area contributed by atoms with Crippen molar-refractivity contribution >= 4 is 17.1 Å². The molecule has 0 atom stereocenters. The summed E-state index contributed by atoms with van der Waals surface area (Å²) >= 11 is 0. The third-order valence-corrected chi connectivity index (χ3v) is 2.31. The van der Waals surface area contributed by atoms with E-state index in [4.69, 9.17) is 0 Å². The minimum absolute atomic E-state index is 0.343. The normalized spacial score (nSPS) is 10.5. The largest absolute Gasteiger partial charge is 0.505 e. The quantitative estimate of drug-likeness (QED) is 0.704. The summed E-state index contributed by atoms with van der Waals surface area (Å²) in [6.45, 7) is 5.58. The Balaban J connectivity index is 2.98. The van der Waals surface area contributed by atoms with Gasteiger partial charge >= 0.3 is 0 Å². The molecule has 1 N–H and O–H groups in total. The molecule has 1 aromatic carbocycles. The van der Waals surface area contributed by atoms with Crippen LogP contribution in [-0.4, -0.2) is 9.67 Å². The van der Waals surface area contributed by atoms with Crippen LogP contribution in [0.4, 0.5) is 0 Å². The van der Waals surface area contributed by atoms with E-state index in [2.05, 4.69) is 6.58 Å². The number of aromatic hydroxyl groups is 1. The van der Waals surface area contributed by atoms with E-state index in [0.29, 0.717) is 5.75 Å². The Hall–Kier alpha value is -1.70. The minimum atomic E-state index is 0.343. The Bertz CT molecular complexity index is 468. The summed E-state index contributed by atoms with van der Waals surface area (Å²) < 4.78 is 1.88. The molecule has 2 nitrogen and oxygen atoms in total. The van der Waals surface area contributed by atoms with Crippen LogP contribution in [0.3, 0.4) is 0 Å². The molecule has 0 spiro atoms. The predicted octanol–water partition coefficient (Wildman–Crippen LogP) is 2.76. The first-order valence-corrected chi connectivity index (χ1v) is 4.16. The van der Waals surface area contributed by atoms with E-state index >= 15 is 0 Å². The average Bonchev–Trinajstić information content (AvgIpc) is 2.41. The summed E-state index contributed by atoms with van der Waals surface area (Å²) in [5.74, 6) is 0.343. The van der Waals surface area contributed by atoms with Gasteiger partial charge in [0.05, 0.1) is 11.2 Å². The van der Waals surface area contributed by atoms with Gasteiger partial charge in [0.2, 0.25) is 0 Å². The number of hydrogen-bond donors (Lipinski definition) is 1. The van der Waals surface area contributed by atoms with Gasteiger partial charge < -0.3 is 9.67 Å². The first-order chi connectivity index (χ1) is 6.25. The minimum Gasteiger partial charge on any atom is -0.505 e. The highest BCUT2D eigenvalue weighted by atomic mass is 16.3. The van der Waals surface area contributed by atoms with E-state index in [9.17, 15) is 5.11 Å². The molecule has 2 aromatic rings. The molecule has 0 saturated heterocycles. The topological polar surface area (TPSA) is 25.2 Å². The van der Waals surface area contributed by atoms with Gasteiger partial charge in [-0.25, -0.2) is 0 Å². The fraction of sp³-hybridized carbons (Fsp3) is 0.0909. The molecule has 0 radical (unpaired) electrons. The Labute approximate surface area is 76.7 Å². The van der Waals surface area contributed by atoms with Crippen molar-refractivity contribution < 1.29 is 5.11 Å². The van der Waals surface area contributed by atoms with Gasteiger partial charge in [-0.2, -0.15) is 0 Å². The Morgan fingerprint density at radius 2 is 2.08 bits per heavy atom. The van der Waals surface area contributed by atoms with Crippen molar-refractivity contribution in [2.75, 3.05) is 0 Å². The van der Waals surface area contributed by atoms with Crippen LogP contribution in [0.5, 0.6) is 5.75 Å². The van der Waals surface area contributed by atoms with Crippen LogP contribution in [0.15, 0.2) is 30.8 Å². The van der Waals surface area contributed by atoms with Crippen LogP contribution in [0.2, 0.25) is 0 Å². The Morgan fingerprint density at radius 1 is 1.38 bits per heavy atom. The van der Waals surface area contributed by atoms with Crippen molar-refractivity contribution in [3.05, 3.63) is 36.5 Å². The second kappa shape index (κ2) is 2.66. The molecule has 0 aliphatic rings. The first-order valence-electron chi connectivity index (χ1n) is 4.16. The lowest BCUT2D eigenvalue weighted by Crippen LogP contribution is -1.86. The van der Waals surface area contributed by atoms with Gasteiger partial charge in [-0.1, -0.05) is 18.7 Å².